The van der Waals surface area contributed by atoms with Crippen LogP contribution in [-0.4, -0.2) is 9.78 Å². The summed E-state index contributed by atoms with van der Waals surface area (Å²) in [5.74, 6) is 0. The minimum absolute atomic E-state index is 0.646. The van der Waals surface area contributed by atoms with E-state index in [0.29, 0.717) is 5.69 Å². The van der Waals surface area contributed by atoms with Crippen LogP contribution >= 0.6 is 0 Å². The summed E-state index contributed by atoms with van der Waals surface area (Å²) in [7, 11) is 1.88. The van der Waals surface area contributed by atoms with Gasteiger partial charge in [-0.2, -0.15) is 5.10 Å². The van der Waals surface area contributed by atoms with E-state index in [-0.39, 0.29) is 0 Å². The van der Waals surface area contributed by atoms with Gasteiger partial charge in [-0.3, -0.25) is 4.68 Å². The molecule has 0 aliphatic rings. The molecule has 3 nitrogen and oxygen atoms in total. The van der Waals surface area contributed by atoms with E-state index in [4.69, 9.17) is 6.57 Å². The van der Waals surface area contributed by atoms with E-state index < -0.39 is 0 Å². The van der Waals surface area contributed by atoms with Crippen molar-refractivity contribution in [2.75, 3.05) is 0 Å². The van der Waals surface area contributed by atoms with Gasteiger partial charge in [-0.25, -0.2) is 4.85 Å². The topological polar surface area (TPSA) is 22.2 Å². The van der Waals surface area contributed by atoms with Crippen molar-refractivity contribution in [2.45, 2.75) is 0 Å². The third kappa shape index (κ3) is 1.50. The Balaban J connectivity index is 2.47. The normalized spacial score (nSPS) is 9.71. The number of hydrogen-bond donors (Lipinski definition) is 0. The SMILES string of the molecule is [C-]#[N+]c1cccc(-c2ccn(C)n2)c1. The summed E-state index contributed by atoms with van der Waals surface area (Å²) in [5, 5.41) is 4.27. The van der Waals surface area contributed by atoms with Crippen LogP contribution in [0.5, 0.6) is 0 Å². The molecule has 0 aliphatic carbocycles. The first-order valence-electron chi connectivity index (χ1n) is 4.27. The molecule has 0 bridgehead atoms. The van der Waals surface area contributed by atoms with Gasteiger partial charge >= 0.3 is 0 Å². The first kappa shape index (κ1) is 8.52. The number of nitrogens with zero attached hydrogens (tertiary/aromatic N) is 3. The fourth-order valence-electron chi connectivity index (χ4n) is 1.30. The van der Waals surface area contributed by atoms with Crippen molar-refractivity contribution in [1.29, 1.82) is 0 Å². The smallest absolute Gasteiger partial charge is 0.187 e. The maximum Gasteiger partial charge on any atom is 0.187 e. The van der Waals surface area contributed by atoms with Crippen molar-refractivity contribution in [3.8, 4) is 11.3 Å². The monoisotopic (exact) mass is 183 g/mol. The van der Waals surface area contributed by atoms with Gasteiger partial charge in [0.1, 0.15) is 0 Å². The molecule has 0 spiro atoms. The minimum atomic E-state index is 0.646. The predicted molar refractivity (Wildman–Crippen MR) is 54.9 cm³/mol. The Hall–Kier alpha value is -2.08. The Bertz CT molecular complexity index is 491. The molecule has 1 aromatic carbocycles. The van der Waals surface area contributed by atoms with Gasteiger partial charge in [0, 0.05) is 13.2 Å². The lowest BCUT2D eigenvalue weighted by molar-refractivity contribution is 0.771. The molecule has 14 heavy (non-hydrogen) atoms. The molecule has 0 unspecified atom stereocenters. The Kier molecular flexibility index (Phi) is 2.04. The Morgan fingerprint density at radius 1 is 1.36 bits per heavy atom. The van der Waals surface area contributed by atoms with Crippen molar-refractivity contribution in [2.24, 2.45) is 7.05 Å². The predicted octanol–water partition coefficient (Wildman–Crippen LogP) is 2.64. The summed E-state index contributed by atoms with van der Waals surface area (Å²) in [6, 6.07) is 9.40. The van der Waals surface area contributed by atoms with E-state index in [1.165, 1.54) is 0 Å². The van der Waals surface area contributed by atoms with Gasteiger partial charge < -0.3 is 0 Å². The Labute approximate surface area is 82.4 Å². The molecular weight excluding hydrogens is 174 g/mol. The Morgan fingerprint density at radius 2 is 2.21 bits per heavy atom. The summed E-state index contributed by atoms with van der Waals surface area (Å²) >= 11 is 0. The second-order valence-electron chi connectivity index (χ2n) is 3.04. The highest BCUT2D eigenvalue weighted by Crippen LogP contribution is 2.22. The van der Waals surface area contributed by atoms with Crippen LogP contribution in [0.2, 0.25) is 0 Å². The van der Waals surface area contributed by atoms with Crippen molar-refractivity contribution < 1.29 is 0 Å². The van der Waals surface area contributed by atoms with E-state index >= 15 is 0 Å². The summed E-state index contributed by atoms with van der Waals surface area (Å²) in [6.07, 6.45) is 1.89. The zero-order chi connectivity index (χ0) is 9.97. The van der Waals surface area contributed by atoms with Crippen LogP contribution in [0.15, 0.2) is 36.5 Å². The highest BCUT2D eigenvalue weighted by Gasteiger charge is 2.00. The first-order valence-corrected chi connectivity index (χ1v) is 4.27. The van der Waals surface area contributed by atoms with Crippen molar-refractivity contribution >= 4 is 5.69 Å². The number of benzene rings is 1. The van der Waals surface area contributed by atoms with Crippen LogP contribution in [0, 0.1) is 6.57 Å². The lowest BCUT2D eigenvalue weighted by Crippen LogP contribution is -1.87. The maximum atomic E-state index is 6.91. The standard InChI is InChI=1S/C11H9N3/c1-12-10-5-3-4-9(8-10)11-6-7-14(2)13-11/h3-8H,2H3. The average molecular weight is 183 g/mol. The zero-order valence-corrected chi connectivity index (χ0v) is 7.81. The van der Waals surface area contributed by atoms with E-state index in [2.05, 4.69) is 9.94 Å². The van der Waals surface area contributed by atoms with Gasteiger partial charge in [-0.1, -0.05) is 18.2 Å². The molecule has 0 radical (unpaired) electrons. The number of aryl methyl sites for hydroxylation is 1. The largest absolute Gasteiger partial charge is 0.275 e. The minimum Gasteiger partial charge on any atom is -0.275 e. The summed E-state index contributed by atoms with van der Waals surface area (Å²) in [6.45, 7) is 6.91. The summed E-state index contributed by atoms with van der Waals surface area (Å²) in [4.78, 5) is 3.38. The van der Waals surface area contributed by atoms with Gasteiger partial charge in [-0.05, 0) is 17.7 Å². The third-order valence-electron chi connectivity index (χ3n) is 1.98. The van der Waals surface area contributed by atoms with Crippen molar-refractivity contribution in [3.63, 3.8) is 0 Å². The molecule has 1 heterocycles. The molecule has 3 heteroatoms. The zero-order valence-electron chi connectivity index (χ0n) is 7.81. The van der Waals surface area contributed by atoms with Gasteiger partial charge in [0.25, 0.3) is 0 Å². The average Bonchev–Trinajstić information content (AvgIpc) is 2.65. The molecule has 0 saturated carbocycles. The summed E-state index contributed by atoms with van der Waals surface area (Å²) < 4.78 is 1.75. The fraction of sp³-hybridized carbons (Fsp3) is 0.0909. The molecule has 0 N–H and O–H groups in total. The highest BCUT2D eigenvalue weighted by atomic mass is 15.2. The van der Waals surface area contributed by atoms with Crippen LogP contribution < -0.4 is 0 Å². The van der Waals surface area contributed by atoms with Gasteiger partial charge in [0.2, 0.25) is 0 Å². The van der Waals surface area contributed by atoms with Gasteiger partial charge in [0.05, 0.1) is 12.3 Å². The Morgan fingerprint density at radius 3 is 2.86 bits per heavy atom. The molecule has 2 aromatic rings. The van der Waals surface area contributed by atoms with Crippen molar-refractivity contribution in [3.05, 3.63) is 47.9 Å². The van der Waals surface area contributed by atoms with Crippen molar-refractivity contribution in [1.82, 2.24) is 9.78 Å². The van der Waals surface area contributed by atoms with Crippen LogP contribution in [0.1, 0.15) is 0 Å². The number of hydrogen-bond acceptors (Lipinski definition) is 1. The molecule has 2 rings (SSSR count). The molecular formula is C11H9N3. The maximum absolute atomic E-state index is 6.91. The second-order valence-corrected chi connectivity index (χ2v) is 3.04. The third-order valence-corrected chi connectivity index (χ3v) is 1.98. The fourth-order valence-corrected chi connectivity index (χ4v) is 1.30. The van der Waals surface area contributed by atoms with Crippen LogP contribution in [0.25, 0.3) is 16.1 Å². The van der Waals surface area contributed by atoms with E-state index in [9.17, 15) is 0 Å². The molecule has 0 atom stereocenters. The molecule has 0 amide bonds. The quantitative estimate of drug-likeness (QED) is 0.623. The van der Waals surface area contributed by atoms with Crippen LogP contribution in [-0.2, 0) is 7.05 Å². The van der Waals surface area contributed by atoms with E-state index in [1.54, 1.807) is 10.7 Å². The molecule has 68 valence electrons. The molecule has 0 aliphatic heterocycles. The molecule has 0 fully saturated rings. The van der Waals surface area contributed by atoms with E-state index in [1.807, 2.05) is 37.5 Å². The molecule has 0 saturated heterocycles. The molecule has 1 aromatic heterocycles. The number of aromatic nitrogens is 2. The van der Waals surface area contributed by atoms with Gasteiger partial charge in [0.15, 0.2) is 5.69 Å². The highest BCUT2D eigenvalue weighted by molar-refractivity contribution is 5.64. The van der Waals surface area contributed by atoms with Crippen LogP contribution in [0.3, 0.4) is 0 Å². The van der Waals surface area contributed by atoms with E-state index in [0.717, 1.165) is 11.3 Å². The van der Waals surface area contributed by atoms with Crippen LogP contribution in [0.4, 0.5) is 5.69 Å². The second kappa shape index (κ2) is 3.35. The first-order chi connectivity index (χ1) is 6.79. The number of rotatable bonds is 1. The van der Waals surface area contributed by atoms with Gasteiger partial charge in [-0.15, -0.1) is 0 Å². The lowest BCUT2D eigenvalue weighted by atomic mass is 10.1. The summed E-state index contributed by atoms with van der Waals surface area (Å²) in [5.41, 5.74) is 2.53. The lowest BCUT2D eigenvalue weighted by Gasteiger charge is -1.96.